The molecular formula is C12H28CaO4P2S4. The van der Waals surface area contributed by atoms with E-state index in [2.05, 4.69) is 0 Å². The molecule has 0 rings (SSSR count). The van der Waals surface area contributed by atoms with E-state index >= 15 is 0 Å². The fraction of sp³-hybridized carbons (Fsp3) is 1.00. The molecule has 2 atom stereocenters. The summed E-state index contributed by atoms with van der Waals surface area (Å²) in [6, 6.07) is 0. The largest absolute Gasteiger partial charge is 2.00 e. The summed E-state index contributed by atoms with van der Waals surface area (Å²) in [5.41, 5.74) is -5.61. The molecule has 0 aliphatic rings. The molecule has 0 aromatic rings. The van der Waals surface area contributed by atoms with Crippen molar-refractivity contribution in [3.63, 3.8) is 0 Å². The average Bonchev–Trinajstić information content (AvgIpc) is 2.06. The normalized spacial score (nSPS) is 16.6. The molecule has 0 amide bonds. The molecule has 0 aliphatic heterocycles. The summed E-state index contributed by atoms with van der Waals surface area (Å²) in [7, 11) is 0. The van der Waals surface area contributed by atoms with E-state index in [9.17, 15) is 9.79 Å². The molecule has 4 nitrogen and oxygen atoms in total. The van der Waals surface area contributed by atoms with Crippen molar-refractivity contribution in [2.24, 2.45) is 0 Å². The molecule has 23 heavy (non-hydrogen) atoms. The van der Waals surface area contributed by atoms with Gasteiger partial charge >= 0.3 is 37.7 Å². The zero-order valence-corrected chi connectivity index (χ0v) is 22.4. The molecule has 0 saturated heterocycles. The van der Waals surface area contributed by atoms with E-state index in [1.165, 1.54) is 22.8 Å². The maximum atomic E-state index is 11.4. The van der Waals surface area contributed by atoms with Gasteiger partial charge in [0.15, 0.2) is 0 Å². The van der Waals surface area contributed by atoms with Crippen LogP contribution < -0.4 is 9.79 Å². The second kappa shape index (κ2) is 15.1. The number of hydrogen-bond acceptors (Lipinski definition) is 8. The smallest absolute Gasteiger partial charge is 0.793 e. The number of hydrogen-bond donors (Lipinski definition) is 0. The first-order valence-corrected chi connectivity index (χ1v) is 15.3. The Morgan fingerprint density at radius 2 is 0.913 bits per heavy atom. The molecule has 0 heterocycles. The van der Waals surface area contributed by atoms with E-state index in [1.54, 1.807) is 0 Å². The maximum absolute atomic E-state index is 11.4. The third-order valence-corrected chi connectivity index (χ3v) is 10.7. The van der Waals surface area contributed by atoms with Crippen LogP contribution in [-0.2, 0) is 32.7 Å². The fourth-order valence-electron chi connectivity index (χ4n) is 1.08. The van der Waals surface area contributed by atoms with Gasteiger partial charge in [0.25, 0.3) is 0 Å². The molecule has 2 unspecified atom stereocenters. The van der Waals surface area contributed by atoms with Crippen molar-refractivity contribution in [2.45, 2.75) is 78.1 Å². The van der Waals surface area contributed by atoms with Crippen molar-refractivity contribution in [3.8, 4) is 0 Å². The molecule has 0 aromatic heterocycles. The summed E-state index contributed by atoms with van der Waals surface area (Å²) in [4.78, 5) is 22.8. The monoisotopic (exact) mass is 466 g/mol. The van der Waals surface area contributed by atoms with E-state index < -0.39 is 11.4 Å². The van der Waals surface area contributed by atoms with E-state index in [4.69, 9.17) is 32.7 Å². The van der Waals surface area contributed by atoms with Crippen molar-refractivity contribution in [3.05, 3.63) is 0 Å². The molecule has 0 bridgehead atoms. The summed E-state index contributed by atoms with van der Waals surface area (Å²) in [5.74, 6) is 0. The van der Waals surface area contributed by atoms with Gasteiger partial charge in [-0.15, -0.1) is 22.8 Å². The average molecular weight is 467 g/mol. The molecule has 136 valence electrons. The molecular weight excluding hydrogens is 438 g/mol. The molecule has 0 spiro atoms. The van der Waals surface area contributed by atoms with Gasteiger partial charge < -0.3 is 18.8 Å². The van der Waals surface area contributed by atoms with Crippen LogP contribution in [0.4, 0.5) is 0 Å². The number of rotatable bonds is 8. The van der Waals surface area contributed by atoms with Crippen LogP contribution in [0, 0.1) is 0 Å². The predicted octanol–water partition coefficient (Wildman–Crippen LogP) is 3.89. The second-order valence-electron chi connectivity index (χ2n) is 5.51. The first-order valence-electron chi connectivity index (χ1n) is 7.02. The Morgan fingerprint density at radius 1 is 0.696 bits per heavy atom. The topological polar surface area (TPSA) is 64.6 Å². The summed E-state index contributed by atoms with van der Waals surface area (Å²) in [6.07, 6.45) is -0.103. The Morgan fingerprint density at radius 3 is 1.04 bits per heavy atom. The van der Waals surface area contributed by atoms with E-state index in [1.807, 2.05) is 55.4 Å². The van der Waals surface area contributed by atoms with E-state index in [-0.39, 0.29) is 60.4 Å². The maximum Gasteiger partial charge on any atom is 2.00 e. The Labute approximate surface area is 190 Å². The van der Waals surface area contributed by atoms with Crippen molar-refractivity contribution < 1.29 is 18.8 Å². The minimum absolute atomic E-state index is 0. The summed E-state index contributed by atoms with van der Waals surface area (Å²) < 4.78 is 10.2. The first kappa shape index (κ1) is 30.8. The van der Waals surface area contributed by atoms with Gasteiger partial charge in [-0.2, -0.15) is 0 Å². The Bertz CT molecular complexity index is 331. The van der Waals surface area contributed by atoms with Gasteiger partial charge in [0, 0.05) is 21.9 Å². The van der Waals surface area contributed by atoms with Crippen LogP contribution in [0.2, 0.25) is 0 Å². The third-order valence-electron chi connectivity index (χ3n) is 1.36. The molecule has 0 N–H and O–H groups in total. The predicted molar refractivity (Wildman–Crippen MR) is 112 cm³/mol. The van der Waals surface area contributed by atoms with Crippen LogP contribution in [0.25, 0.3) is 0 Å². The van der Waals surface area contributed by atoms with E-state index in [0.29, 0.717) is 0 Å². The van der Waals surface area contributed by atoms with Gasteiger partial charge in [0.2, 0.25) is 0 Å². The molecule has 11 heteroatoms. The second-order valence-corrected chi connectivity index (χ2v) is 18.4. The Balaban J connectivity index is -0.000000333. The summed E-state index contributed by atoms with van der Waals surface area (Å²) in [5, 5.41) is 0.522. The van der Waals surface area contributed by atoms with Crippen molar-refractivity contribution in [2.75, 3.05) is 0 Å². The molecule has 0 aliphatic carbocycles. The van der Waals surface area contributed by atoms with Crippen molar-refractivity contribution >= 4 is 95.5 Å². The summed E-state index contributed by atoms with van der Waals surface area (Å²) >= 11 is 12.1. The van der Waals surface area contributed by atoms with Crippen LogP contribution >= 0.6 is 34.2 Å². The SMILES string of the molecule is CC(C)OP([O-])(=S)SC(C)C.CC(C)OP([O-])(=S)SC(C)C.[Ca+2]. The Hall–Kier alpha value is 3.10. The van der Waals surface area contributed by atoms with Crippen molar-refractivity contribution in [1.29, 1.82) is 0 Å². The van der Waals surface area contributed by atoms with Crippen LogP contribution in [0.5, 0.6) is 0 Å². The van der Waals surface area contributed by atoms with Gasteiger partial charge in [0.1, 0.15) is 0 Å². The Kier molecular flexibility index (Phi) is 20.2. The minimum Gasteiger partial charge on any atom is -0.793 e. The van der Waals surface area contributed by atoms with Gasteiger partial charge in [0.05, 0.1) is 12.2 Å². The standard InChI is InChI=1S/2C6H15O2PS2.Ca/c2*1-5(2)8-9(7,10)11-6(3)4;/h2*5-6H,1-4H3,(H,7,10);/q;;+2/p-2. The van der Waals surface area contributed by atoms with Crippen molar-refractivity contribution in [1.82, 2.24) is 0 Å². The first-order chi connectivity index (χ1) is 9.67. The fourth-order valence-corrected chi connectivity index (χ4v) is 11.8. The zero-order chi connectivity index (χ0) is 18.1. The van der Waals surface area contributed by atoms with Crippen LogP contribution in [-0.4, -0.2) is 60.4 Å². The van der Waals surface area contributed by atoms with Crippen LogP contribution in [0.1, 0.15) is 55.4 Å². The summed E-state index contributed by atoms with van der Waals surface area (Å²) in [6.45, 7) is 15.1. The molecule has 0 radical (unpaired) electrons. The molecule has 0 aromatic carbocycles. The minimum atomic E-state index is -2.80. The third kappa shape index (κ3) is 25.1. The van der Waals surface area contributed by atoms with Crippen LogP contribution in [0.15, 0.2) is 0 Å². The quantitative estimate of drug-likeness (QED) is 0.394. The van der Waals surface area contributed by atoms with Gasteiger partial charge in [-0.25, -0.2) is 0 Å². The van der Waals surface area contributed by atoms with Crippen LogP contribution in [0.3, 0.4) is 0 Å². The van der Waals surface area contributed by atoms with Gasteiger partial charge in [-0.1, -0.05) is 51.3 Å². The zero-order valence-electron chi connectivity index (χ0n) is 15.2. The molecule has 0 saturated carbocycles. The van der Waals surface area contributed by atoms with E-state index in [0.717, 1.165) is 0 Å². The molecule has 0 fully saturated rings. The van der Waals surface area contributed by atoms with Gasteiger partial charge in [-0.05, 0) is 27.7 Å². The van der Waals surface area contributed by atoms with Gasteiger partial charge in [-0.3, -0.25) is 0 Å².